The van der Waals surface area contributed by atoms with Gasteiger partial charge in [0, 0.05) is 16.8 Å². The van der Waals surface area contributed by atoms with Crippen molar-refractivity contribution in [3.05, 3.63) is 83.8 Å². The number of hydrogen-bond donors (Lipinski definition) is 1. The van der Waals surface area contributed by atoms with Crippen molar-refractivity contribution in [3.8, 4) is 17.2 Å². The zero-order valence-electron chi connectivity index (χ0n) is 15.3. The number of pyridine rings is 1. The minimum absolute atomic E-state index is 0.156. The van der Waals surface area contributed by atoms with Gasteiger partial charge in [0.1, 0.15) is 11.6 Å². The van der Waals surface area contributed by atoms with E-state index in [1.54, 1.807) is 54.1 Å². The van der Waals surface area contributed by atoms with Crippen LogP contribution in [0.3, 0.4) is 0 Å². The van der Waals surface area contributed by atoms with E-state index in [1.165, 1.54) is 12.1 Å². The average molecular weight is 426 g/mol. The van der Waals surface area contributed by atoms with E-state index in [0.717, 1.165) is 0 Å². The molecule has 7 nitrogen and oxygen atoms in total. The molecule has 4 aromatic rings. The molecule has 0 saturated heterocycles. The van der Waals surface area contributed by atoms with Crippen LogP contribution in [0.25, 0.3) is 17.2 Å². The van der Waals surface area contributed by atoms with Crippen LogP contribution in [0.15, 0.2) is 77.8 Å². The second-order valence-electron chi connectivity index (χ2n) is 6.20. The van der Waals surface area contributed by atoms with E-state index in [4.69, 9.17) is 11.6 Å². The molecular formula is C20H16ClN5O2S. The highest BCUT2D eigenvalue weighted by atomic mass is 35.5. The Morgan fingerprint density at radius 2 is 1.72 bits per heavy atom. The third-order valence-electron chi connectivity index (χ3n) is 4.22. The van der Waals surface area contributed by atoms with Crippen molar-refractivity contribution in [2.75, 3.05) is 4.72 Å². The highest BCUT2D eigenvalue weighted by Gasteiger charge is 2.21. The van der Waals surface area contributed by atoms with Crippen molar-refractivity contribution >= 4 is 27.3 Å². The van der Waals surface area contributed by atoms with Gasteiger partial charge >= 0.3 is 0 Å². The standard InChI is InChI=1S/C20H16ClN5O2S/c1-14-23-24-20(26(14)19-9-5-6-12-22-19)17-13-15(21)10-11-18(17)25-29(27,28)16-7-3-2-4-8-16/h2-13,25H,1H3. The average Bonchev–Trinajstić information content (AvgIpc) is 3.12. The van der Waals surface area contributed by atoms with Crippen LogP contribution < -0.4 is 4.72 Å². The number of rotatable bonds is 5. The molecule has 0 aliphatic rings. The Kier molecular flexibility index (Phi) is 5.04. The summed E-state index contributed by atoms with van der Waals surface area (Å²) >= 11 is 6.21. The zero-order valence-corrected chi connectivity index (χ0v) is 16.9. The van der Waals surface area contributed by atoms with Crippen molar-refractivity contribution in [3.63, 3.8) is 0 Å². The van der Waals surface area contributed by atoms with Crippen LogP contribution >= 0.6 is 11.6 Å². The molecular weight excluding hydrogens is 410 g/mol. The Morgan fingerprint density at radius 1 is 0.966 bits per heavy atom. The van der Waals surface area contributed by atoms with E-state index in [1.807, 2.05) is 18.2 Å². The summed E-state index contributed by atoms with van der Waals surface area (Å²) < 4.78 is 30.0. The highest BCUT2D eigenvalue weighted by molar-refractivity contribution is 7.92. The lowest BCUT2D eigenvalue weighted by molar-refractivity contribution is 0.601. The molecule has 9 heteroatoms. The molecule has 0 aliphatic heterocycles. The van der Waals surface area contributed by atoms with Crippen LogP contribution in [-0.4, -0.2) is 28.2 Å². The van der Waals surface area contributed by atoms with Gasteiger partial charge in [-0.15, -0.1) is 10.2 Å². The lowest BCUT2D eigenvalue weighted by Gasteiger charge is -2.14. The minimum atomic E-state index is -3.79. The van der Waals surface area contributed by atoms with Gasteiger partial charge in [-0.2, -0.15) is 0 Å². The number of sulfonamides is 1. The van der Waals surface area contributed by atoms with Gasteiger partial charge < -0.3 is 0 Å². The number of hydrogen-bond acceptors (Lipinski definition) is 5. The summed E-state index contributed by atoms with van der Waals surface area (Å²) in [5, 5.41) is 8.83. The van der Waals surface area contributed by atoms with Crippen LogP contribution in [0.4, 0.5) is 5.69 Å². The molecule has 0 unspecified atom stereocenters. The molecule has 0 atom stereocenters. The van der Waals surface area contributed by atoms with E-state index >= 15 is 0 Å². The summed E-state index contributed by atoms with van der Waals surface area (Å²) in [6, 6.07) is 18.5. The maximum absolute atomic E-state index is 12.8. The smallest absolute Gasteiger partial charge is 0.261 e. The number of nitrogens with zero attached hydrogens (tertiary/aromatic N) is 4. The monoisotopic (exact) mass is 425 g/mol. The van der Waals surface area contributed by atoms with Gasteiger partial charge in [-0.05, 0) is 49.4 Å². The topological polar surface area (TPSA) is 89.8 Å². The number of aromatic nitrogens is 4. The van der Waals surface area contributed by atoms with E-state index in [9.17, 15) is 8.42 Å². The van der Waals surface area contributed by atoms with Crippen molar-refractivity contribution in [1.82, 2.24) is 19.7 Å². The molecule has 2 aromatic heterocycles. The fraction of sp³-hybridized carbons (Fsp3) is 0.0500. The van der Waals surface area contributed by atoms with Gasteiger partial charge in [0.25, 0.3) is 10.0 Å². The predicted octanol–water partition coefficient (Wildman–Crippen LogP) is 4.09. The Morgan fingerprint density at radius 3 is 2.45 bits per heavy atom. The van der Waals surface area contributed by atoms with E-state index in [2.05, 4.69) is 19.9 Å². The van der Waals surface area contributed by atoms with Gasteiger partial charge in [-0.1, -0.05) is 35.9 Å². The molecule has 0 aliphatic carbocycles. The first-order chi connectivity index (χ1) is 14.0. The maximum Gasteiger partial charge on any atom is 0.261 e. The summed E-state index contributed by atoms with van der Waals surface area (Å²) in [6.07, 6.45) is 1.66. The number of anilines is 1. The first-order valence-corrected chi connectivity index (χ1v) is 10.5. The van der Waals surface area contributed by atoms with E-state index < -0.39 is 10.0 Å². The summed E-state index contributed by atoms with van der Waals surface area (Å²) in [5.74, 6) is 1.65. The first-order valence-electron chi connectivity index (χ1n) is 8.67. The van der Waals surface area contributed by atoms with E-state index in [-0.39, 0.29) is 4.90 Å². The van der Waals surface area contributed by atoms with Crippen molar-refractivity contribution in [2.45, 2.75) is 11.8 Å². The Hall–Kier alpha value is -3.23. The molecule has 0 saturated carbocycles. The number of nitrogens with one attached hydrogen (secondary N) is 1. The van der Waals surface area contributed by atoms with Crippen LogP contribution in [-0.2, 0) is 10.0 Å². The fourth-order valence-electron chi connectivity index (χ4n) is 2.89. The van der Waals surface area contributed by atoms with Gasteiger partial charge in [0.15, 0.2) is 5.82 Å². The number of benzene rings is 2. The molecule has 4 rings (SSSR count). The largest absolute Gasteiger partial charge is 0.279 e. The van der Waals surface area contributed by atoms with Gasteiger partial charge in [0.2, 0.25) is 0 Å². The van der Waals surface area contributed by atoms with Gasteiger partial charge in [0.05, 0.1) is 10.6 Å². The predicted molar refractivity (Wildman–Crippen MR) is 112 cm³/mol. The SMILES string of the molecule is Cc1nnc(-c2cc(Cl)ccc2NS(=O)(=O)c2ccccc2)n1-c1ccccn1. The molecule has 29 heavy (non-hydrogen) atoms. The third kappa shape index (κ3) is 3.85. The quantitative estimate of drug-likeness (QED) is 0.520. The second-order valence-corrected chi connectivity index (χ2v) is 8.32. The molecule has 0 radical (unpaired) electrons. The minimum Gasteiger partial charge on any atom is -0.279 e. The molecule has 2 aromatic carbocycles. The van der Waals surface area contributed by atoms with Crippen molar-refractivity contribution in [1.29, 1.82) is 0 Å². The third-order valence-corrected chi connectivity index (χ3v) is 5.84. The van der Waals surface area contributed by atoms with Gasteiger partial charge in [-0.25, -0.2) is 13.4 Å². The van der Waals surface area contributed by atoms with Crippen molar-refractivity contribution < 1.29 is 8.42 Å². The molecule has 0 bridgehead atoms. The molecule has 0 amide bonds. The van der Waals surface area contributed by atoms with Gasteiger partial charge in [-0.3, -0.25) is 9.29 Å². The summed E-state index contributed by atoms with van der Waals surface area (Å²) in [6.45, 7) is 1.80. The fourth-order valence-corrected chi connectivity index (χ4v) is 4.16. The molecule has 0 spiro atoms. The highest BCUT2D eigenvalue weighted by Crippen LogP contribution is 2.32. The lowest BCUT2D eigenvalue weighted by atomic mass is 10.1. The molecule has 1 N–H and O–H groups in total. The Balaban J connectivity index is 1.85. The summed E-state index contributed by atoms with van der Waals surface area (Å²) in [4.78, 5) is 4.51. The summed E-state index contributed by atoms with van der Waals surface area (Å²) in [7, 11) is -3.79. The molecule has 2 heterocycles. The maximum atomic E-state index is 12.8. The van der Waals surface area contributed by atoms with Crippen molar-refractivity contribution in [2.24, 2.45) is 0 Å². The Bertz CT molecular complexity index is 1260. The zero-order chi connectivity index (χ0) is 20.4. The van der Waals surface area contributed by atoms with Crippen LogP contribution in [0.1, 0.15) is 5.82 Å². The van der Waals surface area contributed by atoms with Crippen LogP contribution in [0, 0.1) is 6.92 Å². The normalized spacial score (nSPS) is 11.4. The van der Waals surface area contributed by atoms with Crippen LogP contribution in [0.2, 0.25) is 5.02 Å². The van der Waals surface area contributed by atoms with Crippen LogP contribution in [0.5, 0.6) is 0 Å². The number of aryl methyl sites for hydroxylation is 1. The second kappa shape index (κ2) is 7.65. The molecule has 146 valence electrons. The molecule has 0 fully saturated rings. The van der Waals surface area contributed by atoms with E-state index in [0.29, 0.717) is 33.7 Å². The Labute approximate surface area is 173 Å². The number of halogens is 1. The first kappa shape index (κ1) is 19.1. The summed E-state index contributed by atoms with van der Waals surface area (Å²) in [5.41, 5.74) is 0.825. The lowest BCUT2D eigenvalue weighted by Crippen LogP contribution is -2.14.